The van der Waals surface area contributed by atoms with Gasteiger partial charge in [-0.1, -0.05) is 244 Å². The first-order valence-electron chi connectivity index (χ1n) is 35.1. The van der Waals surface area contributed by atoms with Crippen LogP contribution in [-0.2, 0) is 55.8 Å². The van der Waals surface area contributed by atoms with Gasteiger partial charge in [0.05, 0.1) is 26.4 Å². The third-order valence-corrected chi connectivity index (χ3v) is 15.9. The number of esters is 3. The smallest absolute Gasteiger partial charge is 0.463 e. The number of carbonyl (C=O) groups is 3. The molecule has 0 rings (SSSR count). The van der Waals surface area contributed by atoms with Crippen molar-refractivity contribution in [3.63, 3.8) is 0 Å². The summed E-state index contributed by atoms with van der Waals surface area (Å²) in [4.78, 5) is 58.4. The van der Waals surface area contributed by atoms with Crippen molar-refractivity contribution in [1.29, 1.82) is 0 Å². The van der Waals surface area contributed by atoms with Gasteiger partial charge in [0.1, 0.15) is 25.4 Å². The molecule has 18 heteroatoms. The summed E-state index contributed by atoms with van der Waals surface area (Å²) in [7, 11) is -9.81. The van der Waals surface area contributed by atoms with Crippen molar-refractivity contribution in [3.8, 4) is 0 Å². The van der Waals surface area contributed by atoms with Gasteiger partial charge in [0.2, 0.25) is 0 Å². The molecule has 0 aliphatic heterocycles. The second kappa shape index (κ2) is 67.4. The number of phosphoric ester groups is 2. The van der Waals surface area contributed by atoms with Crippen LogP contribution < -0.4 is 0 Å². The Morgan fingerprint density at radius 2 is 0.581 bits per heavy atom. The monoisotopic (exact) mass is 1340 g/mol. The van der Waals surface area contributed by atoms with Gasteiger partial charge in [-0.05, 0) is 135 Å². The van der Waals surface area contributed by atoms with E-state index in [1.165, 1.54) is 25.7 Å². The molecule has 5 unspecified atom stereocenters. The van der Waals surface area contributed by atoms with Crippen molar-refractivity contribution < 1.29 is 75.8 Å². The number of aliphatic hydroxyl groups is 2. The summed E-state index contributed by atoms with van der Waals surface area (Å²) in [6, 6.07) is 0. The minimum Gasteiger partial charge on any atom is -0.463 e. The van der Waals surface area contributed by atoms with E-state index in [9.17, 15) is 43.5 Å². The zero-order chi connectivity index (χ0) is 68.1. The van der Waals surface area contributed by atoms with Crippen LogP contribution in [0.5, 0.6) is 0 Å². The van der Waals surface area contributed by atoms with Gasteiger partial charge >= 0.3 is 33.6 Å². The molecular weight excluding hydrogens is 1220 g/mol. The highest BCUT2D eigenvalue weighted by molar-refractivity contribution is 7.47. The fourth-order valence-electron chi connectivity index (χ4n) is 8.72. The van der Waals surface area contributed by atoms with Crippen molar-refractivity contribution in [1.82, 2.24) is 0 Å². The van der Waals surface area contributed by atoms with Gasteiger partial charge in [-0.25, -0.2) is 9.13 Å². The molecule has 0 aromatic rings. The summed E-state index contributed by atoms with van der Waals surface area (Å²) in [5.41, 5.74) is 0. The Morgan fingerprint density at radius 1 is 0.312 bits per heavy atom. The highest BCUT2D eigenvalue weighted by Gasteiger charge is 2.29. The average molecular weight is 1340 g/mol. The summed E-state index contributed by atoms with van der Waals surface area (Å²) in [6.45, 7) is 2.31. The molecule has 0 radical (unpaired) electrons. The SMILES string of the molecule is CC/C=C\C/C=C\C/C=C\C/C=C\C/C=C\CCCC(=O)OCC(COP(=O)(O)OCC(O)COP(=O)(O)OCC(O)COC(=O)CCCCCCCCC/C=C\C/C=C\C/C=C\C/C=C\CCCCC)OC(=O)CCCCCCCCC/C=C\C/C=C\C/C=C\CC. The molecule has 4 N–H and O–H groups in total. The average Bonchev–Trinajstić information content (AvgIpc) is 3.67. The molecular formula is C75H124O16P2. The first kappa shape index (κ1) is 88.4. The van der Waals surface area contributed by atoms with Crippen LogP contribution in [0.15, 0.2) is 146 Å². The number of carbonyl (C=O) groups excluding carboxylic acids is 3. The summed E-state index contributed by atoms with van der Waals surface area (Å²) >= 11 is 0. The third kappa shape index (κ3) is 68.6. The molecule has 5 atom stereocenters. The Morgan fingerprint density at radius 3 is 0.946 bits per heavy atom. The Bertz CT molecular complexity index is 2280. The number of allylic oxidation sites excluding steroid dienone is 24. The van der Waals surface area contributed by atoms with Gasteiger partial charge in [-0.3, -0.25) is 32.5 Å². The van der Waals surface area contributed by atoms with E-state index in [4.69, 9.17) is 32.3 Å². The molecule has 0 amide bonds. The second-order valence-corrected chi connectivity index (χ2v) is 25.8. The minimum atomic E-state index is -4.95. The topological polar surface area (TPSA) is 231 Å². The van der Waals surface area contributed by atoms with Gasteiger partial charge in [0.25, 0.3) is 0 Å². The van der Waals surface area contributed by atoms with Crippen LogP contribution in [0.4, 0.5) is 0 Å². The number of aliphatic hydroxyl groups excluding tert-OH is 2. The first-order valence-corrected chi connectivity index (χ1v) is 38.1. The molecule has 0 aliphatic rings. The molecule has 16 nitrogen and oxygen atoms in total. The molecule has 0 aliphatic carbocycles. The first-order chi connectivity index (χ1) is 45.2. The number of unbranched alkanes of at least 4 members (excludes halogenated alkanes) is 18. The van der Waals surface area contributed by atoms with E-state index >= 15 is 0 Å². The number of phosphoric acid groups is 2. The Balaban J connectivity index is 4.71. The second-order valence-electron chi connectivity index (χ2n) is 22.9. The highest BCUT2D eigenvalue weighted by Crippen LogP contribution is 2.45. The van der Waals surface area contributed by atoms with Crippen molar-refractivity contribution in [2.45, 2.75) is 270 Å². The molecule has 0 aromatic heterocycles. The summed E-state index contributed by atoms with van der Waals surface area (Å²) < 4.78 is 60.9. The van der Waals surface area contributed by atoms with E-state index in [0.717, 1.165) is 161 Å². The van der Waals surface area contributed by atoms with E-state index < -0.39 is 91.5 Å². The predicted octanol–water partition coefficient (Wildman–Crippen LogP) is 19.8. The quantitative estimate of drug-likeness (QED) is 0.0146. The van der Waals surface area contributed by atoms with Gasteiger partial charge in [-0.2, -0.15) is 0 Å². The maximum Gasteiger partial charge on any atom is 0.472 e. The van der Waals surface area contributed by atoms with E-state index in [2.05, 4.69) is 154 Å². The van der Waals surface area contributed by atoms with Gasteiger partial charge in [0.15, 0.2) is 6.10 Å². The van der Waals surface area contributed by atoms with Crippen molar-refractivity contribution in [3.05, 3.63) is 146 Å². The van der Waals surface area contributed by atoms with Gasteiger partial charge < -0.3 is 34.2 Å². The van der Waals surface area contributed by atoms with Crippen LogP contribution in [0.2, 0.25) is 0 Å². The summed E-state index contributed by atoms with van der Waals surface area (Å²) in [6.07, 6.45) is 80.4. The molecule has 0 saturated carbocycles. The zero-order valence-corrected chi connectivity index (χ0v) is 59.2. The van der Waals surface area contributed by atoms with Crippen LogP contribution in [-0.4, -0.2) is 95.9 Å². The van der Waals surface area contributed by atoms with E-state index in [-0.39, 0.29) is 19.3 Å². The molecule has 530 valence electrons. The van der Waals surface area contributed by atoms with Gasteiger partial charge in [-0.15, -0.1) is 0 Å². The van der Waals surface area contributed by atoms with Crippen molar-refractivity contribution >= 4 is 33.6 Å². The standard InChI is InChI=1S/C75H124O16P2/c1-4-7-10-13-16-19-22-25-28-31-32-33-34-35-36-39-41-43-46-49-52-55-58-61-73(78)85-64-70(76)65-87-92(81,82)88-66-71(77)67-89-93(83,84)90-69-72(91-75(80)63-60-57-54-51-48-45-42-38-30-27-24-21-18-15-12-9-6-3)68-86-74(79)62-59-56-53-50-47-44-40-37-29-26-23-20-17-14-11-8-5-2/h8-9,11-12,16-21,25-30,32-33,35-36,40,44,50,53,70-72,76-77H,4-7,10,13-15,22-24,31,34,37-39,41-43,45-49,51-52,54-69H2,1-3H3,(H,81,82)(H,83,84)/b11-8-,12-9-,19-16-,20-17-,21-18-,28-25-,29-26-,30-27-,33-32-,36-35-,44-40-,53-50-. The van der Waals surface area contributed by atoms with Crippen LogP contribution in [0.3, 0.4) is 0 Å². The highest BCUT2D eigenvalue weighted by atomic mass is 31.2. The Labute approximate surface area is 562 Å². The van der Waals surface area contributed by atoms with Crippen molar-refractivity contribution in [2.75, 3.05) is 39.6 Å². The number of ether oxygens (including phenoxy) is 3. The maximum atomic E-state index is 12.9. The number of hydrogen-bond donors (Lipinski definition) is 4. The summed E-state index contributed by atoms with van der Waals surface area (Å²) in [5, 5.41) is 20.6. The molecule has 0 bridgehead atoms. The molecule has 93 heavy (non-hydrogen) atoms. The van der Waals surface area contributed by atoms with Crippen LogP contribution in [0, 0.1) is 0 Å². The van der Waals surface area contributed by atoms with Crippen molar-refractivity contribution in [2.24, 2.45) is 0 Å². The lowest BCUT2D eigenvalue weighted by Crippen LogP contribution is -2.30. The largest absolute Gasteiger partial charge is 0.472 e. The third-order valence-electron chi connectivity index (χ3n) is 14.0. The minimum absolute atomic E-state index is 0.0757. The van der Waals surface area contributed by atoms with Crippen LogP contribution in [0.25, 0.3) is 0 Å². The number of hydrogen-bond acceptors (Lipinski definition) is 14. The van der Waals surface area contributed by atoms with E-state index in [1.54, 1.807) is 0 Å². The van der Waals surface area contributed by atoms with Gasteiger partial charge in [0, 0.05) is 19.3 Å². The molecule has 0 saturated heterocycles. The molecule has 0 fully saturated rings. The zero-order valence-electron chi connectivity index (χ0n) is 57.4. The molecule has 0 aromatic carbocycles. The molecule has 0 spiro atoms. The predicted molar refractivity (Wildman–Crippen MR) is 380 cm³/mol. The number of rotatable bonds is 65. The fraction of sp³-hybridized carbons (Fsp3) is 0.640. The normalized spacial score (nSPS) is 15.0. The maximum absolute atomic E-state index is 12.9. The fourth-order valence-corrected chi connectivity index (χ4v) is 10.3. The Hall–Kier alpha value is -4.57. The lowest BCUT2D eigenvalue weighted by atomic mass is 10.1. The molecule has 0 heterocycles. The Kier molecular flexibility index (Phi) is 64.1. The van der Waals surface area contributed by atoms with Crippen LogP contribution in [0.1, 0.15) is 252 Å². The van der Waals surface area contributed by atoms with E-state index in [0.29, 0.717) is 25.7 Å². The van der Waals surface area contributed by atoms with E-state index in [1.807, 2.05) is 12.2 Å². The lowest BCUT2D eigenvalue weighted by Gasteiger charge is -2.21. The lowest BCUT2D eigenvalue weighted by molar-refractivity contribution is -0.161. The summed E-state index contributed by atoms with van der Waals surface area (Å²) in [5.74, 6) is -1.67. The van der Waals surface area contributed by atoms with Crippen LogP contribution >= 0.6 is 15.6 Å².